The maximum atomic E-state index is 14.3. The van der Waals surface area contributed by atoms with Crippen molar-refractivity contribution in [3.63, 3.8) is 0 Å². The molecule has 12 heteroatoms. The Morgan fingerprint density at radius 3 is 2.49 bits per heavy atom. The molecule has 1 aliphatic heterocycles. The molecule has 3 heterocycles. The zero-order valence-electron chi connectivity index (χ0n) is 22.9. The molecule has 4 aromatic rings. The van der Waals surface area contributed by atoms with Crippen molar-refractivity contribution in [2.45, 2.75) is 32.1 Å². The highest BCUT2D eigenvalue weighted by atomic mass is 19.4. The first-order chi connectivity index (χ1) is 19.5. The van der Waals surface area contributed by atoms with Crippen LogP contribution in [0.5, 0.6) is 5.75 Å². The fraction of sp³-hybridized carbons (Fsp3) is 0.345. The predicted molar refractivity (Wildman–Crippen MR) is 147 cm³/mol. The summed E-state index contributed by atoms with van der Waals surface area (Å²) < 4.78 is 48.8. The van der Waals surface area contributed by atoms with Crippen LogP contribution in [0.3, 0.4) is 0 Å². The second-order valence-corrected chi connectivity index (χ2v) is 10.1. The molecular weight excluding hydrogens is 537 g/mol. The van der Waals surface area contributed by atoms with Crippen LogP contribution in [-0.2, 0) is 6.18 Å². The van der Waals surface area contributed by atoms with Crippen molar-refractivity contribution >= 4 is 17.2 Å². The number of alkyl halides is 3. The molecule has 0 radical (unpaired) electrons. The Morgan fingerprint density at radius 2 is 1.88 bits per heavy atom. The van der Waals surface area contributed by atoms with Gasteiger partial charge in [-0.3, -0.25) is 9.69 Å². The van der Waals surface area contributed by atoms with Gasteiger partial charge in [0.2, 0.25) is 0 Å². The number of para-hydroxylation sites is 1. The van der Waals surface area contributed by atoms with Gasteiger partial charge in [-0.2, -0.15) is 18.3 Å². The number of benzene rings is 2. The number of piperazine rings is 1. The van der Waals surface area contributed by atoms with E-state index in [0.29, 0.717) is 41.2 Å². The normalized spacial score (nSPS) is 17.1. The zero-order valence-corrected chi connectivity index (χ0v) is 22.9. The molecule has 1 saturated heterocycles. The summed E-state index contributed by atoms with van der Waals surface area (Å²) in [6.07, 6.45) is -3.59. The Bertz CT molecular complexity index is 1570. The third kappa shape index (κ3) is 5.20. The van der Waals surface area contributed by atoms with Crippen molar-refractivity contribution in [1.29, 1.82) is 0 Å². The van der Waals surface area contributed by atoms with E-state index in [0.717, 1.165) is 11.8 Å². The summed E-state index contributed by atoms with van der Waals surface area (Å²) in [5, 5.41) is 14.1. The topological polar surface area (TPSA) is 109 Å². The number of methoxy groups -OCH3 is 1. The number of hydrogen-bond donors (Lipinski definition) is 2. The SMILES string of the molecule is COc1ccc(-c2nc3c(C(=O)N4CCN([C@H](CO)c5ccccc5N)C[C@H]4C)cnn3c(C(F)(F)F)c2C)cc1. The molecule has 0 spiro atoms. The molecule has 41 heavy (non-hydrogen) atoms. The smallest absolute Gasteiger partial charge is 0.433 e. The number of aliphatic hydroxyl groups is 1. The quantitative estimate of drug-likeness (QED) is 0.336. The summed E-state index contributed by atoms with van der Waals surface area (Å²) in [5.41, 5.74) is 6.80. The molecule has 2 aromatic heterocycles. The van der Waals surface area contributed by atoms with Gasteiger partial charge in [-0.1, -0.05) is 18.2 Å². The molecule has 216 valence electrons. The molecule has 0 aliphatic carbocycles. The van der Waals surface area contributed by atoms with E-state index in [1.807, 2.05) is 25.1 Å². The van der Waals surface area contributed by atoms with E-state index in [1.54, 1.807) is 35.2 Å². The molecule has 2 aromatic carbocycles. The Morgan fingerprint density at radius 1 is 1.17 bits per heavy atom. The second-order valence-electron chi connectivity index (χ2n) is 10.1. The van der Waals surface area contributed by atoms with Gasteiger partial charge in [0.05, 0.1) is 31.6 Å². The largest absolute Gasteiger partial charge is 0.497 e. The second kappa shape index (κ2) is 11.0. The van der Waals surface area contributed by atoms with E-state index < -0.39 is 17.8 Å². The first-order valence-electron chi connectivity index (χ1n) is 13.1. The molecule has 0 saturated carbocycles. The van der Waals surface area contributed by atoms with Crippen molar-refractivity contribution < 1.29 is 27.8 Å². The highest BCUT2D eigenvalue weighted by Crippen LogP contribution is 2.37. The average Bonchev–Trinajstić information content (AvgIpc) is 3.36. The molecule has 1 amide bonds. The van der Waals surface area contributed by atoms with Crippen molar-refractivity contribution in [1.82, 2.24) is 24.4 Å². The molecule has 9 nitrogen and oxygen atoms in total. The van der Waals surface area contributed by atoms with E-state index in [9.17, 15) is 23.1 Å². The number of aromatic nitrogens is 3. The molecule has 0 unspecified atom stereocenters. The molecule has 1 aliphatic rings. The van der Waals surface area contributed by atoms with Crippen LogP contribution in [0.1, 0.15) is 40.1 Å². The van der Waals surface area contributed by atoms with Crippen LogP contribution in [-0.4, -0.2) is 74.8 Å². The maximum absolute atomic E-state index is 14.3. The Kier molecular flexibility index (Phi) is 7.62. The van der Waals surface area contributed by atoms with E-state index in [4.69, 9.17) is 10.5 Å². The van der Waals surface area contributed by atoms with Crippen LogP contribution in [0, 0.1) is 6.92 Å². The fourth-order valence-electron chi connectivity index (χ4n) is 5.54. The van der Waals surface area contributed by atoms with Crippen molar-refractivity contribution in [3.8, 4) is 17.0 Å². The van der Waals surface area contributed by atoms with Crippen molar-refractivity contribution in [2.24, 2.45) is 0 Å². The molecule has 2 atom stereocenters. The van der Waals surface area contributed by atoms with E-state index in [-0.39, 0.29) is 41.2 Å². The van der Waals surface area contributed by atoms with Gasteiger partial charge < -0.3 is 20.5 Å². The number of halogens is 3. The fourth-order valence-corrected chi connectivity index (χ4v) is 5.54. The summed E-state index contributed by atoms with van der Waals surface area (Å²) in [7, 11) is 1.50. The number of amides is 1. The van der Waals surface area contributed by atoms with Gasteiger partial charge in [0.1, 0.15) is 11.3 Å². The number of aliphatic hydroxyl groups excluding tert-OH is 1. The lowest BCUT2D eigenvalue weighted by Gasteiger charge is -2.43. The lowest BCUT2D eigenvalue weighted by molar-refractivity contribution is -0.143. The summed E-state index contributed by atoms with van der Waals surface area (Å²) in [5.74, 6) is 0.0901. The minimum absolute atomic E-state index is 0.0171. The van der Waals surface area contributed by atoms with Gasteiger partial charge in [0.15, 0.2) is 11.3 Å². The van der Waals surface area contributed by atoms with Gasteiger partial charge in [0.25, 0.3) is 5.91 Å². The van der Waals surface area contributed by atoms with Crippen LogP contribution in [0.4, 0.5) is 18.9 Å². The van der Waals surface area contributed by atoms with Gasteiger partial charge in [0, 0.05) is 42.5 Å². The third-order valence-corrected chi connectivity index (χ3v) is 7.63. The zero-order chi connectivity index (χ0) is 29.5. The van der Waals surface area contributed by atoms with Gasteiger partial charge in [-0.15, -0.1) is 0 Å². The number of nitrogens with two attached hydrogens (primary N) is 1. The minimum Gasteiger partial charge on any atom is -0.497 e. The number of fused-ring (bicyclic) bond motifs is 1. The Balaban J connectivity index is 1.49. The first-order valence-corrected chi connectivity index (χ1v) is 13.1. The number of hydrogen-bond acceptors (Lipinski definition) is 7. The van der Waals surface area contributed by atoms with Crippen LogP contribution in [0.25, 0.3) is 16.9 Å². The number of carbonyl (C=O) groups excluding carboxylic acids is 1. The van der Waals surface area contributed by atoms with Gasteiger partial charge in [-0.25, -0.2) is 9.50 Å². The summed E-state index contributed by atoms with van der Waals surface area (Å²) >= 11 is 0. The number of nitrogen functional groups attached to an aromatic ring is 1. The minimum atomic E-state index is -4.74. The number of nitrogens with zero attached hydrogens (tertiary/aromatic N) is 5. The standard InChI is InChI=1S/C29H31F3N6O3/c1-17-15-36(24(16-39)21-6-4-5-7-23(21)33)12-13-37(17)28(40)22-14-34-38-26(29(30,31)32)18(2)25(35-27(22)38)19-8-10-20(41-3)11-9-19/h4-11,14,17,24,39H,12-13,15-16,33H2,1-3H3/t17-,24-/m1/s1. The number of rotatable bonds is 6. The van der Waals surface area contributed by atoms with Crippen molar-refractivity contribution in [2.75, 3.05) is 39.1 Å². The molecule has 3 N–H and O–H groups in total. The molecule has 5 rings (SSSR count). The molecule has 1 fully saturated rings. The summed E-state index contributed by atoms with van der Waals surface area (Å²) in [6, 6.07) is 13.2. The third-order valence-electron chi connectivity index (χ3n) is 7.63. The first kappa shape index (κ1) is 28.4. The number of ether oxygens (including phenoxy) is 1. The molecule has 0 bridgehead atoms. The number of carbonyl (C=O) groups is 1. The average molecular weight is 569 g/mol. The van der Waals surface area contributed by atoms with Crippen molar-refractivity contribution in [3.05, 3.63) is 77.1 Å². The van der Waals surface area contributed by atoms with Gasteiger partial charge in [-0.05, 0) is 49.7 Å². The highest BCUT2D eigenvalue weighted by Gasteiger charge is 2.40. The number of anilines is 1. The van der Waals surface area contributed by atoms with E-state index in [1.165, 1.54) is 14.0 Å². The Hall–Kier alpha value is -4.16. The van der Waals surface area contributed by atoms with E-state index in [2.05, 4.69) is 15.0 Å². The lowest BCUT2D eigenvalue weighted by atomic mass is 10.0. The lowest BCUT2D eigenvalue weighted by Crippen LogP contribution is -2.55. The van der Waals surface area contributed by atoms with Crippen LogP contribution in [0.15, 0.2) is 54.7 Å². The maximum Gasteiger partial charge on any atom is 0.433 e. The summed E-state index contributed by atoms with van der Waals surface area (Å²) in [6.45, 7) is 4.22. The predicted octanol–water partition coefficient (Wildman–Crippen LogP) is 4.19. The molecular formula is C29H31F3N6O3. The van der Waals surface area contributed by atoms with E-state index >= 15 is 0 Å². The highest BCUT2D eigenvalue weighted by molar-refractivity contribution is 6.00. The summed E-state index contributed by atoms with van der Waals surface area (Å²) in [4.78, 5) is 22.0. The van der Waals surface area contributed by atoms with Crippen LogP contribution >= 0.6 is 0 Å². The van der Waals surface area contributed by atoms with Crippen LogP contribution < -0.4 is 10.5 Å². The monoisotopic (exact) mass is 568 g/mol. The van der Waals surface area contributed by atoms with Crippen LogP contribution in [0.2, 0.25) is 0 Å². The Labute approximate surface area is 235 Å². The van der Waals surface area contributed by atoms with Gasteiger partial charge >= 0.3 is 6.18 Å².